The molecule has 1 heterocycles. The standard InChI is InChI=1S/C18H13F3N4O/c19-13-6-4-11(5-7-13)8-22-17(26)12-9-23-18(24-10-12)25-16-14(20)2-1-3-15(16)21/h1-7,9-10H,8H2,(H,22,26)(H,23,24,25). The van der Waals surface area contributed by atoms with Crippen LogP contribution in [0.1, 0.15) is 15.9 Å². The van der Waals surface area contributed by atoms with Gasteiger partial charge in [-0.2, -0.15) is 0 Å². The highest BCUT2D eigenvalue weighted by Gasteiger charge is 2.11. The Labute approximate surface area is 146 Å². The number of nitrogens with one attached hydrogen (secondary N) is 2. The molecule has 3 rings (SSSR count). The average Bonchev–Trinajstić information content (AvgIpc) is 2.65. The summed E-state index contributed by atoms with van der Waals surface area (Å²) in [4.78, 5) is 19.8. The first-order valence-corrected chi connectivity index (χ1v) is 7.58. The van der Waals surface area contributed by atoms with Gasteiger partial charge in [0.15, 0.2) is 0 Å². The zero-order chi connectivity index (χ0) is 18.5. The maximum Gasteiger partial charge on any atom is 0.254 e. The largest absolute Gasteiger partial charge is 0.348 e. The summed E-state index contributed by atoms with van der Waals surface area (Å²) in [6.45, 7) is 0.208. The van der Waals surface area contributed by atoms with Gasteiger partial charge in [-0.15, -0.1) is 0 Å². The van der Waals surface area contributed by atoms with Gasteiger partial charge in [0.05, 0.1) is 5.56 Å². The molecule has 0 unspecified atom stereocenters. The lowest BCUT2D eigenvalue weighted by atomic mass is 10.2. The number of benzene rings is 2. The molecule has 3 aromatic rings. The lowest BCUT2D eigenvalue weighted by molar-refractivity contribution is 0.0950. The Hall–Kier alpha value is -3.42. The Morgan fingerprint density at radius 2 is 1.54 bits per heavy atom. The predicted molar refractivity (Wildman–Crippen MR) is 89.2 cm³/mol. The van der Waals surface area contributed by atoms with Gasteiger partial charge < -0.3 is 10.6 Å². The quantitative estimate of drug-likeness (QED) is 0.732. The predicted octanol–water partition coefficient (Wildman–Crippen LogP) is 3.57. The van der Waals surface area contributed by atoms with Crippen molar-refractivity contribution in [3.05, 3.63) is 83.4 Å². The molecule has 0 radical (unpaired) electrons. The minimum absolute atomic E-state index is 0.0518. The molecule has 0 saturated carbocycles. The first-order valence-electron chi connectivity index (χ1n) is 7.58. The summed E-state index contributed by atoms with van der Waals surface area (Å²) < 4.78 is 40.0. The topological polar surface area (TPSA) is 66.9 Å². The number of halogens is 3. The van der Waals surface area contributed by atoms with Crippen LogP contribution in [0.15, 0.2) is 54.9 Å². The van der Waals surface area contributed by atoms with Crippen molar-refractivity contribution in [3.63, 3.8) is 0 Å². The second-order valence-corrected chi connectivity index (χ2v) is 5.33. The van der Waals surface area contributed by atoms with E-state index in [2.05, 4.69) is 20.6 Å². The molecule has 26 heavy (non-hydrogen) atoms. The fourth-order valence-electron chi connectivity index (χ4n) is 2.13. The molecule has 8 heteroatoms. The fourth-order valence-corrected chi connectivity index (χ4v) is 2.13. The third kappa shape index (κ3) is 4.15. The van der Waals surface area contributed by atoms with Crippen LogP contribution in [0.4, 0.5) is 24.8 Å². The average molecular weight is 358 g/mol. The highest BCUT2D eigenvalue weighted by molar-refractivity contribution is 5.93. The number of anilines is 2. The van der Waals surface area contributed by atoms with Crippen molar-refractivity contribution in [2.75, 3.05) is 5.32 Å². The lowest BCUT2D eigenvalue weighted by Gasteiger charge is -2.08. The Bertz CT molecular complexity index is 894. The SMILES string of the molecule is O=C(NCc1ccc(F)cc1)c1cnc(Nc2c(F)cccc2F)nc1. The molecule has 5 nitrogen and oxygen atoms in total. The molecule has 2 aromatic carbocycles. The maximum absolute atomic E-state index is 13.6. The number of amides is 1. The van der Waals surface area contributed by atoms with Crippen molar-refractivity contribution in [1.29, 1.82) is 0 Å². The number of para-hydroxylation sites is 1. The van der Waals surface area contributed by atoms with Crippen molar-refractivity contribution < 1.29 is 18.0 Å². The van der Waals surface area contributed by atoms with E-state index in [4.69, 9.17) is 0 Å². The van der Waals surface area contributed by atoms with Crippen LogP contribution in [-0.4, -0.2) is 15.9 Å². The number of carbonyl (C=O) groups excluding carboxylic acids is 1. The molecule has 132 valence electrons. The second kappa shape index (κ2) is 7.64. The van der Waals surface area contributed by atoms with Crippen LogP contribution >= 0.6 is 0 Å². The Balaban J connectivity index is 1.63. The van der Waals surface area contributed by atoms with Crippen molar-refractivity contribution in [1.82, 2.24) is 15.3 Å². The molecule has 0 aliphatic rings. The molecule has 2 N–H and O–H groups in total. The number of rotatable bonds is 5. The van der Waals surface area contributed by atoms with Crippen LogP contribution in [-0.2, 0) is 6.54 Å². The van der Waals surface area contributed by atoms with E-state index in [1.807, 2.05) is 0 Å². The number of hydrogen-bond donors (Lipinski definition) is 2. The molecule has 0 aliphatic carbocycles. The third-order valence-electron chi connectivity index (χ3n) is 3.48. The zero-order valence-corrected chi connectivity index (χ0v) is 13.3. The summed E-state index contributed by atoms with van der Waals surface area (Å²) in [6, 6.07) is 9.15. The highest BCUT2D eigenvalue weighted by atomic mass is 19.1. The number of hydrogen-bond acceptors (Lipinski definition) is 4. The van der Waals surface area contributed by atoms with Crippen LogP contribution in [0.2, 0.25) is 0 Å². The van der Waals surface area contributed by atoms with E-state index in [1.54, 1.807) is 12.1 Å². The van der Waals surface area contributed by atoms with Crippen molar-refractivity contribution in [2.24, 2.45) is 0 Å². The summed E-state index contributed by atoms with van der Waals surface area (Å²) in [6.07, 6.45) is 2.46. The molecule has 0 atom stereocenters. The van der Waals surface area contributed by atoms with Crippen LogP contribution in [0.5, 0.6) is 0 Å². The smallest absolute Gasteiger partial charge is 0.254 e. The van der Waals surface area contributed by atoms with Gasteiger partial charge in [-0.05, 0) is 29.8 Å². The van der Waals surface area contributed by atoms with Gasteiger partial charge in [-0.25, -0.2) is 23.1 Å². The van der Waals surface area contributed by atoms with E-state index < -0.39 is 17.5 Å². The van der Waals surface area contributed by atoms with Crippen molar-refractivity contribution >= 4 is 17.5 Å². The summed E-state index contributed by atoms with van der Waals surface area (Å²) in [5.41, 5.74) is 0.529. The number of nitrogens with zero attached hydrogens (tertiary/aromatic N) is 2. The van der Waals surface area contributed by atoms with Crippen LogP contribution < -0.4 is 10.6 Å². The van der Waals surface area contributed by atoms with E-state index in [0.717, 1.165) is 17.7 Å². The normalized spacial score (nSPS) is 10.4. The Morgan fingerprint density at radius 3 is 2.15 bits per heavy atom. The lowest BCUT2D eigenvalue weighted by Crippen LogP contribution is -2.23. The molecular formula is C18H13F3N4O. The first-order chi connectivity index (χ1) is 12.5. The summed E-state index contributed by atoms with van der Waals surface area (Å²) in [5.74, 6) is -2.41. The number of carbonyl (C=O) groups is 1. The van der Waals surface area contributed by atoms with Gasteiger partial charge in [0.25, 0.3) is 5.91 Å². The van der Waals surface area contributed by atoms with E-state index in [0.29, 0.717) is 0 Å². The first kappa shape index (κ1) is 17.4. The molecule has 0 saturated heterocycles. The van der Waals surface area contributed by atoms with Gasteiger partial charge in [-0.3, -0.25) is 4.79 Å². The van der Waals surface area contributed by atoms with Gasteiger partial charge >= 0.3 is 0 Å². The second-order valence-electron chi connectivity index (χ2n) is 5.33. The van der Waals surface area contributed by atoms with Crippen LogP contribution in [0.3, 0.4) is 0 Å². The van der Waals surface area contributed by atoms with Gasteiger partial charge in [-0.1, -0.05) is 18.2 Å². The van der Waals surface area contributed by atoms with E-state index >= 15 is 0 Å². The third-order valence-corrected chi connectivity index (χ3v) is 3.48. The minimum Gasteiger partial charge on any atom is -0.348 e. The molecule has 0 aliphatic heterocycles. The van der Waals surface area contributed by atoms with E-state index in [1.165, 1.54) is 30.6 Å². The maximum atomic E-state index is 13.6. The van der Waals surface area contributed by atoms with Gasteiger partial charge in [0.1, 0.15) is 23.1 Å². The molecular weight excluding hydrogens is 345 g/mol. The van der Waals surface area contributed by atoms with Crippen LogP contribution in [0, 0.1) is 17.5 Å². The molecule has 0 bridgehead atoms. The van der Waals surface area contributed by atoms with E-state index in [9.17, 15) is 18.0 Å². The van der Waals surface area contributed by atoms with Crippen molar-refractivity contribution in [2.45, 2.75) is 6.54 Å². The Kier molecular flexibility index (Phi) is 5.12. The van der Waals surface area contributed by atoms with Gasteiger partial charge in [0, 0.05) is 18.9 Å². The van der Waals surface area contributed by atoms with Crippen LogP contribution in [0.25, 0.3) is 0 Å². The molecule has 1 aromatic heterocycles. The minimum atomic E-state index is -0.783. The Morgan fingerprint density at radius 1 is 0.923 bits per heavy atom. The number of aromatic nitrogens is 2. The fraction of sp³-hybridized carbons (Fsp3) is 0.0556. The van der Waals surface area contributed by atoms with Crippen molar-refractivity contribution in [3.8, 4) is 0 Å². The molecule has 1 amide bonds. The molecule has 0 spiro atoms. The molecule has 0 fully saturated rings. The highest BCUT2D eigenvalue weighted by Crippen LogP contribution is 2.20. The zero-order valence-electron chi connectivity index (χ0n) is 13.3. The monoisotopic (exact) mass is 358 g/mol. The summed E-state index contributed by atoms with van der Waals surface area (Å²) in [5, 5.41) is 5.07. The summed E-state index contributed by atoms with van der Waals surface area (Å²) in [7, 11) is 0. The van der Waals surface area contributed by atoms with E-state index in [-0.39, 0.29) is 29.6 Å². The summed E-state index contributed by atoms with van der Waals surface area (Å²) >= 11 is 0. The van der Waals surface area contributed by atoms with Gasteiger partial charge in [0.2, 0.25) is 5.95 Å².